The molecule has 0 unspecified atom stereocenters. The Morgan fingerprint density at radius 1 is 1.28 bits per heavy atom. The van der Waals surface area contributed by atoms with Crippen LogP contribution in [0.2, 0.25) is 0 Å². The summed E-state index contributed by atoms with van der Waals surface area (Å²) in [6.45, 7) is 3.61. The number of fused-ring (bicyclic) bond motifs is 5. The second-order valence-corrected chi connectivity index (χ2v) is 9.27. The van der Waals surface area contributed by atoms with Crippen LogP contribution in [-0.2, 0) is 9.59 Å². The molecule has 0 aromatic heterocycles. The molecule has 0 fully saturated rings. The number of aliphatic hydroxyl groups excluding tert-OH is 2. The van der Waals surface area contributed by atoms with Crippen LogP contribution in [0.3, 0.4) is 0 Å². The van der Waals surface area contributed by atoms with E-state index in [-0.39, 0.29) is 29.9 Å². The molecule has 5 aliphatic rings. The molecule has 0 saturated heterocycles. The van der Waals surface area contributed by atoms with Crippen LogP contribution in [0.5, 0.6) is 0 Å². The van der Waals surface area contributed by atoms with Gasteiger partial charge in [-0.1, -0.05) is 25.5 Å². The molecule has 0 aromatic rings. The van der Waals surface area contributed by atoms with Gasteiger partial charge in [0, 0.05) is 29.1 Å². The van der Waals surface area contributed by atoms with Gasteiger partial charge in [0.25, 0.3) is 0 Å². The minimum atomic E-state index is -1.03. The highest BCUT2D eigenvalue weighted by Crippen LogP contribution is 2.63. The number of carbonyl (C=O) groups excluding carboxylic acids is 2. The van der Waals surface area contributed by atoms with Crippen molar-refractivity contribution in [1.82, 2.24) is 5.32 Å². The summed E-state index contributed by atoms with van der Waals surface area (Å²) in [5, 5.41) is 24.1. The van der Waals surface area contributed by atoms with E-state index in [4.69, 9.17) is 0 Å². The molecule has 29 heavy (non-hydrogen) atoms. The lowest BCUT2D eigenvalue weighted by atomic mass is 9.46. The second-order valence-electron chi connectivity index (χ2n) is 9.27. The standard InChI is InChI=1S/C23H27NO4.ClH/c1-12-6-17-18(26)8-16-15-7-13-4-3-5-14(13)21(15)24-11-23(16,20(28)10-25)22(17,2)9-19(12)27;/h6,8,12,19,24-25,27H,3-5,7,9-11H2,1-2H3;1H/t12-,19-,22-,23-;/m0./s1. The van der Waals surface area contributed by atoms with Crippen molar-refractivity contribution in [3.05, 3.63) is 45.7 Å². The molecule has 0 bridgehead atoms. The van der Waals surface area contributed by atoms with Gasteiger partial charge < -0.3 is 15.5 Å². The number of hydrogen-bond donors (Lipinski definition) is 3. The summed E-state index contributed by atoms with van der Waals surface area (Å²) >= 11 is 0. The van der Waals surface area contributed by atoms with Crippen LogP contribution in [0.4, 0.5) is 0 Å². The van der Waals surface area contributed by atoms with Crippen molar-refractivity contribution >= 4 is 24.0 Å². The Morgan fingerprint density at radius 3 is 2.76 bits per heavy atom. The topological polar surface area (TPSA) is 86.6 Å². The maximum absolute atomic E-state index is 13.3. The molecule has 5 nitrogen and oxygen atoms in total. The largest absolute Gasteiger partial charge is 0.392 e. The van der Waals surface area contributed by atoms with Crippen LogP contribution in [0.15, 0.2) is 45.7 Å². The molecule has 0 aromatic carbocycles. The fraction of sp³-hybridized carbons (Fsp3) is 0.565. The highest BCUT2D eigenvalue weighted by Gasteiger charge is 2.64. The Labute approximate surface area is 177 Å². The Morgan fingerprint density at radius 2 is 2.03 bits per heavy atom. The number of ketones is 2. The number of Topliss-reactive ketones (excluding diaryl/α,β-unsaturated/α-hetero) is 1. The first-order chi connectivity index (χ1) is 13.3. The summed E-state index contributed by atoms with van der Waals surface area (Å²) in [6.07, 6.45) is 7.28. The monoisotopic (exact) mass is 417 g/mol. The Bertz CT molecular complexity index is 943. The fourth-order valence-corrected chi connectivity index (χ4v) is 6.44. The maximum Gasteiger partial charge on any atom is 0.182 e. The van der Waals surface area contributed by atoms with Crippen molar-refractivity contribution in [2.24, 2.45) is 16.7 Å². The number of rotatable bonds is 2. The first-order valence-electron chi connectivity index (χ1n) is 10.3. The third-order valence-electron chi connectivity index (χ3n) is 7.99. The predicted molar refractivity (Wildman–Crippen MR) is 111 cm³/mol. The van der Waals surface area contributed by atoms with Crippen molar-refractivity contribution in [2.45, 2.75) is 52.1 Å². The van der Waals surface area contributed by atoms with E-state index in [9.17, 15) is 19.8 Å². The Balaban J connectivity index is 0.00000205. The molecular weight excluding hydrogens is 390 g/mol. The van der Waals surface area contributed by atoms with E-state index in [2.05, 4.69) is 5.32 Å². The summed E-state index contributed by atoms with van der Waals surface area (Å²) in [5.74, 6) is -0.461. The normalized spacial score (nSPS) is 37.6. The van der Waals surface area contributed by atoms with Crippen LogP contribution < -0.4 is 5.32 Å². The van der Waals surface area contributed by atoms with Crippen LogP contribution >= 0.6 is 12.4 Å². The lowest BCUT2D eigenvalue weighted by molar-refractivity contribution is -0.138. The number of aliphatic hydroxyl groups is 2. The number of hydrogen-bond acceptors (Lipinski definition) is 5. The van der Waals surface area contributed by atoms with Gasteiger partial charge in [-0.15, -0.1) is 12.4 Å². The fourth-order valence-electron chi connectivity index (χ4n) is 6.44. The molecule has 156 valence electrons. The van der Waals surface area contributed by atoms with E-state index in [1.807, 2.05) is 19.9 Å². The average Bonchev–Trinajstić information content (AvgIpc) is 3.25. The predicted octanol–water partition coefficient (Wildman–Crippen LogP) is 2.54. The van der Waals surface area contributed by atoms with Gasteiger partial charge in [0.2, 0.25) is 0 Å². The van der Waals surface area contributed by atoms with E-state index < -0.39 is 23.5 Å². The van der Waals surface area contributed by atoms with Crippen LogP contribution in [0.1, 0.15) is 46.0 Å². The third kappa shape index (κ3) is 2.41. The Hall–Kier alpha value is -1.69. The minimum Gasteiger partial charge on any atom is -0.392 e. The zero-order valence-corrected chi connectivity index (χ0v) is 17.7. The van der Waals surface area contributed by atoms with E-state index in [0.29, 0.717) is 18.5 Å². The van der Waals surface area contributed by atoms with E-state index in [0.717, 1.165) is 42.5 Å². The Kier molecular flexibility index (Phi) is 4.72. The SMILES string of the molecule is C[C@H]1C=C2C(=O)C=C3C4=C(NC[C@]3(C(=O)CO)[C@@]2(C)C[C@@H]1O)C1=C(CCC1)C4.Cl. The smallest absolute Gasteiger partial charge is 0.182 e. The number of nitrogens with one attached hydrogen (secondary N) is 1. The first-order valence-corrected chi connectivity index (χ1v) is 10.3. The van der Waals surface area contributed by atoms with Gasteiger partial charge in [-0.05, 0) is 54.9 Å². The minimum absolute atomic E-state index is 0. The molecule has 4 atom stereocenters. The molecule has 1 aliphatic heterocycles. The van der Waals surface area contributed by atoms with E-state index in [1.54, 1.807) is 6.08 Å². The van der Waals surface area contributed by atoms with Crippen molar-refractivity contribution < 1.29 is 19.8 Å². The van der Waals surface area contributed by atoms with Crippen molar-refractivity contribution in [3.8, 4) is 0 Å². The van der Waals surface area contributed by atoms with Gasteiger partial charge in [0.05, 0.1) is 11.5 Å². The molecule has 0 amide bonds. The van der Waals surface area contributed by atoms with Gasteiger partial charge in [-0.2, -0.15) is 0 Å². The number of halogens is 1. The quantitative estimate of drug-likeness (QED) is 0.642. The lowest BCUT2D eigenvalue weighted by Gasteiger charge is -2.56. The van der Waals surface area contributed by atoms with Gasteiger partial charge >= 0.3 is 0 Å². The van der Waals surface area contributed by atoms with Gasteiger partial charge in [0.1, 0.15) is 6.61 Å². The number of carbonyl (C=O) groups is 2. The molecular formula is C23H28ClNO4. The molecule has 1 heterocycles. The van der Waals surface area contributed by atoms with Crippen LogP contribution in [0.25, 0.3) is 0 Å². The third-order valence-corrected chi connectivity index (χ3v) is 7.99. The van der Waals surface area contributed by atoms with Crippen molar-refractivity contribution in [3.63, 3.8) is 0 Å². The molecule has 5 rings (SSSR count). The summed E-state index contributed by atoms with van der Waals surface area (Å²) < 4.78 is 0. The van der Waals surface area contributed by atoms with Crippen molar-refractivity contribution in [1.29, 1.82) is 0 Å². The second kappa shape index (κ2) is 6.66. The first kappa shape index (κ1) is 20.6. The molecule has 3 N–H and O–H groups in total. The summed E-state index contributed by atoms with van der Waals surface area (Å²) in [7, 11) is 0. The molecule has 0 saturated carbocycles. The van der Waals surface area contributed by atoms with Gasteiger partial charge in [0.15, 0.2) is 11.6 Å². The van der Waals surface area contributed by atoms with Crippen molar-refractivity contribution in [2.75, 3.05) is 13.2 Å². The highest BCUT2D eigenvalue weighted by atomic mass is 35.5. The molecule has 0 spiro atoms. The number of allylic oxidation sites excluding steroid dienone is 5. The van der Waals surface area contributed by atoms with E-state index >= 15 is 0 Å². The molecule has 4 aliphatic carbocycles. The lowest BCUT2D eigenvalue weighted by Crippen LogP contribution is -2.62. The zero-order valence-electron chi connectivity index (χ0n) is 16.9. The summed E-state index contributed by atoms with van der Waals surface area (Å²) in [5.41, 5.74) is 4.47. The van der Waals surface area contributed by atoms with E-state index in [1.165, 1.54) is 11.1 Å². The molecule has 0 radical (unpaired) electrons. The zero-order chi connectivity index (χ0) is 19.8. The maximum atomic E-state index is 13.3. The van der Waals surface area contributed by atoms with Crippen LogP contribution in [0, 0.1) is 16.7 Å². The molecule has 6 heteroatoms. The van der Waals surface area contributed by atoms with Gasteiger partial charge in [-0.3, -0.25) is 9.59 Å². The highest BCUT2D eigenvalue weighted by molar-refractivity contribution is 6.11. The summed E-state index contributed by atoms with van der Waals surface area (Å²) in [6, 6.07) is 0. The average molecular weight is 418 g/mol. The van der Waals surface area contributed by atoms with Crippen LogP contribution in [-0.4, -0.2) is 41.0 Å². The van der Waals surface area contributed by atoms with Gasteiger partial charge in [-0.25, -0.2) is 0 Å². The summed E-state index contributed by atoms with van der Waals surface area (Å²) in [4.78, 5) is 26.5.